The minimum Gasteiger partial charge on any atom is -0.352 e. The van der Waals surface area contributed by atoms with Crippen LogP contribution >= 0.6 is 24.8 Å². The number of piperidine rings is 2. The van der Waals surface area contributed by atoms with Gasteiger partial charge in [0.25, 0.3) is 0 Å². The van der Waals surface area contributed by atoms with Gasteiger partial charge in [0, 0.05) is 24.5 Å². The highest BCUT2D eigenvalue weighted by molar-refractivity contribution is 5.85. The number of hydrogen-bond acceptors (Lipinski definition) is 3. The number of amides is 1. The van der Waals surface area contributed by atoms with Crippen LogP contribution in [0.25, 0.3) is 0 Å². The molecule has 6 heteroatoms. The molecule has 3 saturated heterocycles. The number of halogens is 2. The predicted molar refractivity (Wildman–Crippen MR) is 85.8 cm³/mol. The minimum absolute atomic E-state index is 0. The summed E-state index contributed by atoms with van der Waals surface area (Å²) >= 11 is 0. The zero-order valence-electron chi connectivity index (χ0n) is 12.0. The number of fused-ring (bicyclic) bond motifs is 1. The van der Waals surface area contributed by atoms with Crippen LogP contribution in [-0.2, 0) is 4.79 Å². The summed E-state index contributed by atoms with van der Waals surface area (Å²) in [5, 5.41) is 6.66. The first-order valence-electron chi connectivity index (χ1n) is 7.60. The fourth-order valence-corrected chi connectivity index (χ4v) is 3.80. The largest absolute Gasteiger partial charge is 0.352 e. The van der Waals surface area contributed by atoms with E-state index in [1.54, 1.807) is 0 Å². The van der Waals surface area contributed by atoms with Crippen molar-refractivity contribution in [3.05, 3.63) is 0 Å². The standard InChI is InChI=1S/C14H25N3O.2ClH/c18-14(11-4-7-15-8-5-11)16-12-6-10-17-9-2-1-3-13(12)17;;/h11-13,15H,1-10H2,(H,16,18);2*1H. The average molecular weight is 324 g/mol. The first-order valence-corrected chi connectivity index (χ1v) is 7.60. The van der Waals surface area contributed by atoms with Gasteiger partial charge in [0.1, 0.15) is 0 Å². The van der Waals surface area contributed by atoms with Gasteiger partial charge in [0.15, 0.2) is 0 Å². The summed E-state index contributed by atoms with van der Waals surface area (Å²) in [4.78, 5) is 14.9. The van der Waals surface area contributed by atoms with Gasteiger partial charge in [-0.1, -0.05) is 6.42 Å². The molecule has 0 radical (unpaired) electrons. The Bertz CT molecular complexity index is 311. The third-order valence-corrected chi connectivity index (χ3v) is 4.89. The summed E-state index contributed by atoms with van der Waals surface area (Å²) in [6, 6.07) is 1.05. The molecule has 3 fully saturated rings. The number of rotatable bonds is 2. The van der Waals surface area contributed by atoms with E-state index in [-0.39, 0.29) is 30.7 Å². The van der Waals surface area contributed by atoms with Gasteiger partial charge in [-0.3, -0.25) is 9.69 Å². The zero-order chi connectivity index (χ0) is 12.4. The number of carbonyl (C=O) groups excluding carboxylic acids is 1. The second-order valence-electron chi connectivity index (χ2n) is 6.03. The Balaban J connectivity index is 0.000001000. The lowest BCUT2D eigenvalue weighted by Crippen LogP contribution is -2.49. The highest BCUT2D eigenvalue weighted by atomic mass is 35.5. The van der Waals surface area contributed by atoms with E-state index in [4.69, 9.17) is 0 Å². The summed E-state index contributed by atoms with van der Waals surface area (Å²) in [5.41, 5.74) is 0. The van der Waals surface area contributed by atoms with Crippen molar-refractivity contribution in [2.75, 3.05) is 26.2 Å². The Morgan fingerprint density at radius 2 is 1.75 bits per heavy atom. The average Bonchev–Trinajstić information content (AvgIpc) is 2.83. The second kappa shape index (κ2) is 8.42. The van der Waals surface area contributed by atoms with Crippen LogP contribution in [0.3, 0.4) is 0 Å². The van der Waals surface area contributed by atoms with Crippen molar-refractivity contribution < 1.29 is 4.79 Å². The van der Waals surface area contributed by atoms with Gasteiger partial charge in [-0.15, -0.1) is 24.8 Å². The molecule has 3 aliphatic heterocycles. The maximum atomic E-state index is 12.3. The monoisotopic (exact) mass is 323 g/mol. The van der Waals surface area contributed by atoms with Crippen LogP contribution in [0.1, 0.15) is 38.5 Å². The van der Waals surface area contributed by atoms with Crippen LogP contribution in [0.2, 0.25) is 0 Å². The Labute approximate surface area is 134 Å². The molecule has 0 saturated carbocycles. The van der Waals surface area contributed by atoms with Crippen molar-refractivity contribution >= 4 is 30.7 Å². The molecule has 20 heavy (non-hydrogen) atoms. The van der Waals surface area contributed by atoms with E-state index in [2.05, 4.69) is 15.5 Å². The molecule has 2 N–H and O–H groups in total. The molecule has 3 rings (SSSR count). The number of nitrogens with one attached hydrogen (secondary N) is 2. The number of nitrogens with zero attached hydrogens (tertiary/aromatic N) is 1. The van der Waals surface area contributed by atoms with Gasteiger partial charge in [-0.05, 0) is 51.7 Å². The molecule has 0 aliphatic carbocycles. The first kappa shape index (κ1) is 18.0. The molecule has 4 nitrogen and oxygen atoms in total. The van der Waals surface area contributed by atoms with E-state index in [1.165, 1.54) is 32.4 Å². The number of carbonyl (C=O) groups is 1. The molecule has 2 unspecified atom stereocenters. The molecule has 1 amide bonds. The Kier molecular flexibility index (Phi) is 7.59. The van der Waals surface area contributed by atoms with Crippen LogP contribution in [0.4, 0.5) is 0 Å². The third kappa shape index (κ3) is 4.00. The van der Waals surface area contributed by atoms with Crippen molar-refractivity contribution in [2.45, 2.75) is 50.6 Å². The fourth-order valence-electron chi connectivity index (χ4n) is 3.80. The van der Waals surface area contributed by atoms with E-state index in [1.807, 2.05) is 0 Å². The normalized spacial score (nSPS) is 30.8. The van der Waals surface area contributed by atoms with Crippen molar-refractivity contribution in [2.24, 2.45) is 5.92 Å². The van der Waals surface area contributed by atoms with Gasteiger partial charge >= 0.3 is 0 Å². The fraction of sp³-hybridized carbons (Fsp3) is 0.929. The van der Waals surface area contributed by atoms with E-state index in [0.29, 0.717) is 18.0 Å². The van der Waals surface area contributed by atoms with Crippen LogP contribution in [0.15, 0.2) is 0 Å². The lowest BCUT2D eigenvalue weighted by atomic mass is 9.95. The van der Waals surface area contributed by atoms with Gasteiger partial charge < -0.3 is 10.6 Å². The van der Waals surface area contributed by atoms with Crippen LogP contribution in [0.5, 0.6) is 0 Å². The highest BCUT2D eigenvalue weighted by Crippen LogP contribution is 2.27. The van der Waals surface area contributed by atoms with Gasteiger partial charge in [-0.25, -0.2) is 0 Å². The number of hydrogen-bond donors (Lipinski definition) is 2. The van der Waals surface area contributed by atoms with Crippen LogP contribution in [-0.4, -0.2) is 49.1 Å². The van der Waals surface area contributed by atoms with Crippen LogP contribution < -0.4 is 10.6 Å². The van der Waals surface area contributed by atoms with Crippen molar-refractivity contribution in [3.8, 4) is 0 Å². The quantitative estimate of drug-likeness (QED) is 0.810. The van der Waals surface area contributed by atoms with E-state index < -0.39 is 0 Å². The predicted octanol–water partition coefficient (Wildman–Crippen LogP) is 1.57. The first-order chi connectivity index (χ1) is 8.84. The van der Waals surface area contributed by atoms with Crippen molar-refractivity contribution in [1.82, 2.24) is 15.5 Å². The molecule has 2 atom stereocenters. The molecule has 0 aromatic rings. The molecule has 0 aromatic heterocycles. The zero-order valence-corrected chi connectivity index (χ0v) is 13.6. The van der Waals surface area contributed by atoms with E-state index in [9.17, 15) is 4.79 Å². The molecule has 3 heterocycles. The summed E-state index contributed by atoms with van der Waals surface area (Å²) in [6.45, 7) is 4.42. The third-order valence-electron chi connectivity index (χ3n) is 4.89. The maximum absolute atomic E-state index is 12.3. The van der Waals surface area contributed by atoms with Crippen molar-refractivity contribution in [1.29, 1.82) is 0 Å². The minimum atomic E-state index is 0. The lowest BCUT2D eigenvalue weighted by molar-refractivity contribution is -0.126. The van der Waals surface area contributed by atoms with Gasteiger partial charge in [0.05, 0.1) is 0 Å². The molecule has 118 valence electrons. The lowest BCUT2D eigenvalue weighted by Gasteiger charge is -2.33. The molecule has 3 aliphatic rings. The molecule has 0 bridgehead atoms. The highest BCUT2D eigenvalue weighted by Gasteiger charge is 2.37. The van der Waals surface area contributed by atoms with Crippen molar-refractivity contribution in [3.63, 3.8) is 0 Å². The van der Waals surface area contributed by atoms with Gasteiger partial charge in [0.2, 0.25) is 5.91 Å². The Morgan fingerprint density at radius 3 is 2.50 bits per heavy atom. The summed E-state index contributed by atoms with van der Waals surface area (Å²) in [7, 11) is 0. The van der Waals surface area contributed by atoms with Gasteiger partial charge in [-0.2, -0.15) is 0 Å². The smallest absolute Gasteiger partial charge is 0.223 e. The topological polar surface area (TPSA) is 44.4 Å². The SMILES string of the molecule is Cl.Cl.O=C(NC1CCN2CCCCC12)C1CCNCC1. The summed E-state index contributed by atoms with van der Waals surface area (Å²) < 4.78 is 0. The molecular formula is C14H27Cl2N3O. The Morgan fingerprint density at radius 1 is 1.00 bits per heavy atom. The molecule has 0 spiro atoms. The summed E-state index contributed by atoms with van der Waals surface area (Å²) in [5.74, 6) is 0.567. The maximum Gasteiger partial charge on any atom is 0.223 e. The summed E-state index contributed by atoms with van der Waals surface area (Å²) in [6.07, 6.45) is 7.12. The van der Waals surface area contributed by atoms with Crippen LogP contribution in [0, 0.1) is 5.92 Å². The Hall–Kier alpha value is -0.0300. The second-order valence-corrected chi connectivity index (χ2v) is 6.03. The molecular weight excluding hydrogens is 297 g/mol. The van der Waals surface area contributed by atoms with E-state index >= 15 is 0 Å². The van der Waals surface area contributed by atoms with E-state index in [0.717, 1.165) is 32.4 Å². The molecule has 0 aromatic carbocycles.